The molecule has 106 valence electrons. The first-order chi connectivity index (χ1) is 8.98. The number of hydrogen-bond donors (Lipinski definition) is 1. The van der Waals surface area contributed by atoms with E-state index in [-0.39, 0.29) is 6.61 Å². The van der Waals surface area contributed by atoms with Crippen molar-refractivity contribution in [2.45, 2.75) is 12.8 Å². The van der Waals surface area contributed by atoms with Crippen LogP contribution in [0.25, 0.3) is 0 Å². The van der Waals surface area contributed by atoms with Crippen LogP contribution in [0.5, 0.6) is 0 Å². The Hall–Kier alpha value is -1.34. The molecule has 1 aliphatic heterocycles. The van der Waals surface area contributed by atoms with Crippen LogP contribution in [0.4, 0.5) is 19.0 Å². The minimum Gasteiger partial charge on any atom is -0.392 e. The minimum absolute atomic E-state index is 0.0659. The van der Waals surface area contributed by atoms with E-state index < -0.39 is 12.7 Å². The molecule has 0 radical (unpaired) electrons. The van der Waals surface area contributed by atoms with Crippen LogP contribution in [-0.2, 0) is 6.61 Å². The van der Waals surface area contributed by atoms with Crippen LogP contribution in [0.1, 0.15) is 5.56 Å². The van der Waals surface area contributed by atoms with Crippen LogP contribution >= 0.6 is 0 Å². The fourth-order valence-corrected chi connectivity index (χ4v) is 2.12. The maximum Gasteiger partial charge on any atom is 0.401 e. The molecule has 0 atom stereocenters. The van der Waals surface area contributed by atoms with Crippen molar-refractivity contribution in [3.63, 3.8) is 0 Å². The van der Waals surface area contributed by atoms with Gasteiger partial charge in [-0.3, -0.25) is 4.90 Å². The van der Waals surface area contributed by atoms with Gasteiger partial charge in [-0.15, -0.1) is 0 Å². The summed E-state index contributed by atoms with van der Waals surface area (Å²) in [5, 5.41) is 9.05. The van der Waals surface area contributed by atoms with Crippen molar-refractivity contribution in [2.75, 3.05) is 37.6 Å². The SMILES string of the molecule is OCc1ccnc(N2CCN(CC(F)(F)F)CC2)c1. The molecule has 1 aromatic rings. The molecule has 1 fully saturated rings. The van der Waals surface area contributed by atoms with Gasteiger partial charge in [0.05, 0.1) is 13.2 Å². The van der Waals surface area contributed by atoms with Crippen molar-refractivity contribution >= 4 is 5.82 Å². The lowest BCUT2D eigenvalue weighted by atomic mass is 10.2. The van der Waals surface area contributed by atoms with E-state index in [1.165, 1.54) is 4.90 Å². The highest BCUT2D eigenvalue weighted by atomic mass is 19.4. The van der Waals surface area contributed by atoms with Crippen LogP contribution in [0.2, 0.25) is 0 Å². The number of aliphatic hydroxyl groups excluding tert-OH is 1. The lowest BCUT2D eigenvalue weighted by molar-refractivity contribution is -0.146. The van der Waals surface area contributed by atoms with E-state index >= 15 is 0 Å². The number of anilines is 1. The number of piperazine rings is 1. The standard InChI is InChI=1S/C12H16F3N3O/c13-12(14,15)9-17-3-5-18(6-4-17)11-7-10(8-19)1-2-16-11/h1-2,7,19H,3-6,8-9H2. The topological polar surface area (TPSA) is 39.6 Å². The molecular weight excluding hydrogens is 259 g/mol. The summed E-state index contributed by atoms with van der Waals surface area (Å²) in [6, 6.07) is 3.48. The Bertz CT molecular complexity index is 417. The molecule has 0 aliphatic carbocycles. The van der Waals surface area contributed by atoms with E-state index in [2.05, 4.69) is 4.98 Å². The molecule has 1 saturated heterocycles. The quantitative estimate of drug-likeness (QED) is 0.901. The number of pyridine rings is 1. The number of nitrogens with zero attached hydrogens (tertiary/aromatic N) is 3. The summed E-state index contributed by atoms with van der Waals surface area (Å²) in [4.78, 5) is 7.52. The zero-order valence-corrected chi connectivity index (χ0v) is 10.4. The lowest BCUT2D eigenvalue weighted by Crippen LogP contribution is -2.49. The van der Waals surface area contributed by atoms with Crippen molar-refractivity contribution in [3.05, 3.63) is 23.9 Å². The monoisotopic (exact) mass is 275 g/mol. The summed E-state index contributed by atoms with van der Waals surface area (Å²) in [5.74, 6) is 0.707. The van der Waals surface area contributed by atoms with Crippen molar-refractivity contribution in [1.82, 2.24) is 9.88 Å². The van der Waals surface area contributed by atoms with Gasteiger partial charge in [-0.05, 0) is 17.7 Å². The second kappa shape index (κ2) is 5.75. The van der Waals surface area contributed by atoms with E-state index in [0.717, 1.165) is 5.56 Å². The van der Waals surface area contributed by atoms with Gasteiger partial charge in [-0.2, -0.15) is 13.2 Å². The van der Waals surface area contributed by atoms with E-state index in [4.69, 9.17) is 5.11 Å². The van der Waals surface area contributed by atoms with Crippen LogP contribution in [0, 0.1) is 0 Å². The van der Waals surface area contributed by atoms with E-state index in [9.17, 15) is 13.2 Å². The van der Waals surface area contributed by atoms with Crippen LogP contribution in [0.3, 0.4) is 0 Å². The van der Waals surface area contributed by atoms with Crippen LogP contribution < -0.4 is 4.90 Å². The molecule has 0 amide bonds. The molecule has 0 bridgehead atoms. The normalized spacial score (nSPS) is 17.8. The number of alkyl halides is 3. The minimum atomic E-state index is -4.14. The van der Waals surface area contributed by atoms with Gasteiger partial charge in [0.1, 0.15) is 5.82 Å². The summed E-state index contributed by atoms with van der Waals surface area (Å²) < 4.78 is 36.8. The fourth-order valence-electron chi connectivity index (χ4n) is 2.12. The highest BCUT2D eigenvalue weighted by Crippen LogP contribution is 2.19. The zero-order valence-electron chi connectivity index (χ0n) is 10.4. The Balaban J connectivity index is 1.92. The van der Waals surface area contributed by atoms with E-state index in [1.54, 1.807) is 18.3 Å². The Kier molecular flexibility index (Phi) is 4.26. The van der Waals surface area contributed by atoms with Crippen molar-refractivity contribution < 1.29 is 18.3 Å². The first kappa shape index (κ1) is 14.1. The number of aliphatic hydroxyl groups is 1. The molecule has 0 unspecified atom stereocenters. The summed E-state index contributed by atoms with van der Waals surface area (Å²) in [5.41, 5.74) is 0.753. The first-order valence-corrected chi connectivity index (χ1v) is 6.08. The number of hydrogen-bond acceptors (Lipinski definition) is 4. The molecule has 1 aromatic heterocycles. The lowest BCUT2D eigenvalue weighted by Gasteiger charge is -2.35. The van der Waals surface area contributed by atoms with Gasteiger partial charge in [0.2, 0.25) is 0 Å². The average Bonchev–Trinajstić information content (AvgIpc) is 2.38. The fraction of sp³-hybridized carbons (Fsp3) is 0.583. The van der Waals surface area contributed by atoms with Crippen LogP contribution in [0.15, 0.2) is 18.3 Å². The van der Waals surface area contributed by atoms with E-state index in [1.807, 2.05) is 4.90 Å². The highest BCUT2D eigenvalue weighted by molar-refractivity contribution is 5.41. The molecule has 2 rings (SSSR count). The molecule has 19 heavy (non-hydrogen) atoms. The molecule has 0 spiro atoms. The zero-order chi connectivity index (χ0) is 13.9. The molecule has 7 heteroatoms. The average molecular weight is 275 g/mol. The number of halogens is 3. The van der Waals surface area contributed by atoms with Crippen molar-refractivity contribution in [1.29, 1.82) is 0 Å². The number of aromatic nitrogens is 1. The smallest absolute Gasteiger partial charge is 0.392 e. The maximum absolute atomic E-state index is 12.3. The third-order valence-corrected chi connectivity index (χ3v) is 3.09. The van der Waals surface area contributed by atoms with E-state index in [0.29, 0.717) is 32.0 Å². The third-order valence-electron chi connectivity index (χ3n) is 3.09. The van der Waals surface area contributed by atoms with Crippen LogP contribution in [-0.4, -0.2) is 53.9 Å². The third kappa shape index (κ3) is 4.07. The Morgan fingerprint density at radius 3 is 2.47 bits per heavy atom. The summed E-state index contributed by atoms with van der Waals surface area (Å²) >= 11 is 0. The molecular formula is C12H16F3N3O. The van der Waals surface area contributed by atoms with Gasteiger partial charge in [0, 0.05) is 32.4 Å². The molecule has 2 heterocycles. The Labute approximate surface area is 109 Å². The molecule has 4 nitrogen and oxygen atoms in total. The van der Waals surface area contributed by atoms with Gasteiger partial charge < -0.3 is 10.0 Å². The number of rotatable bonds is 3. The molecule has 1 N–H and O–H groups in total. The second-order valence-electron chi connectivity index (χ2n) is 4.56. The molecule has 1 aliphatic rings. The van der Waals surface area contributed by atoms with Gasteiger partial charge in [-0.25, -0.2) is 4.98 Å². The summed E-state index contributed by atoms with van der Waals surface area (Å²) in [7, 11) is 0. The summed E-state index contributed by atoms with van der Waals surface area (Å²) in [6.07, 6.45) is -2.54. The predicted octanol–water partition coefficient (Wildman–Crippen LogP) is 1.26. The Morgan fingerprint density at radius 1 is 1.21 bits per heavy atom. The first-order valence-electron chi connectivity index (χ1n) is 6.08. The largest absolute Gasteiger partial charge is 0.401 e. The van der Waals surface area contributed by atoms with Gasteiger partial charge in [-0.1, -0.05) is 0 Å². The van der Waals surface area contributed by atoms with Gasteiger partial charge in [0.15, 0.2) is 0 Å². The molecule has 0 aromatic carbocycles. The van der Waals surface area contributed by atoms with Crippen molar-refractivity contribution in [3.8, 4) is 0 Å². The predicted molar refractivity (Wildman–Crippen MR) is 64.9 cm³/mol. The van der Waals surface area contributed by atoms with Gasteiger partial charge in [0.25, 0.3) is 0 Å². The van der Waals surface area contributed by atoms with Crippen molar-refractivity contribution in [2.24, 2.45) is 0 Å². The molecule has 0 saturated carbocycles. The maximum atomic E-state index is 12.3. The second-order valence-corrected chi connectivity index (χ2v) is 4.56. The Morgan fingerprint density at radius 2 is 1.89 bits per heavy atom. The van der Waals surface area contributed by atoms with Gasteiger partial charge >= 0.3 is 6.18 Å². The highest BCUT2D eigenvalue weighted by Gasteiger charge is 2.32. The summed E-state index contributed by atoms with van der Waals surface area (Å²) in [6.45, 7) is 0.833.